The third kappa shape index (κ3) is 3.39. The molecule has 126 valence electrons. The molecule has 0 fully saturated rings. The lowest BCUT2D eigenvalue weighted by atomic mass is 10.0. The maximum absolute atomic E-state index is 3.64. The van der Waals surface area contributed by atoms with Crippen molar-refractivity contribution in [3.05, 3.63) is 60.2 Å². The van der Waals surface area contributed by atoms with Gasteiger partial charge in [0.15, 0.2) is 0 Å². The second kappa shape index (κ2) is 7.23. The lowest BCUT2D eigenvalue weighted by Gasteiger charge is -2.30. The van der Waals surface area contributed by atoms with Crippen LogP contribution in [0.1, 0.15) is 33.3 Å². The highest BCUT2D eigenvalue weighted by atomic mass is 15.2. The Balaban J connectivity index is 1.99. The van der Waals surface area contributed by atoms with Gasteiger partial charge in [-0.1, -0.05) is 48.5 Å². The van der Waals surface area contributed by atoms with Crippen LogP contribution in [0, 0.1) is 0 Å². The van der Waals surface area contributed by atoms with Gasteiger partial charge < -0.3 is 4.98 Å². The van der Waals surface area contributed by atoms with Crippen LogP contribution < -0.4 is 0 Å². The van der Waals surface area contributed by atoms with E-state index in [2.05, 4.69) is 92.2 Å². The summed E-state index contributed by atoms with van der Waals surface area (Å²) in [4.78, 5) is 6.21. The van der Waals surface area contributed by atoms with E-state index in [1.807, 2.05) is 0 Å². The van der Waals surface area contributed by atoms with Crippen LogP contribution in [0.2, 0.25) is 0 Å². The molecule has 0 saturated heterocycles. The normalized spacial score (nSPS) is 12.0. The number of para-hydroxylation sites is 1. The quantitative estimate of drug-likeness (QED) is 0.635. The van der Waals surface area contributed by atoms with Gasteiger partial charge >= 0.3 is 0 Å². The fraction of sp³-hybridized carbons (Fsp3) is 0.364. The Labute approximate surface area is 145 Å². The molecule has 24 heavy (non-hydrogen) atoms. The Morgan fingerprint density at radius 3 is 2.12 bits per heavy atom. The molecule has 1 N–H and O–H groups in total. The zero-order valence-corrected chi connectivity index (χ0v) is 15.2. The Kier molecular flexibility index (Phi) is 5.06. The summed E-state index contributed by atoms with van der Waals surface area (Å²) in [5, 5.41) is 1.35. The molecule has 2 aromatic carbocycles. The molecular formula is C22H28N2. The van der Waals surface area contributed by atoms with Crippen molar-refractivity contribution in [2.75, 3.05) is 6.54 Å². The second-order valence-electron chi connectivity index (χ2n) is 7.07. The van der Waals surface area contributed by atoms with Crippen molar-refractivity contribution < 1.29 is 0 Å². The van der Waals surface area contributed by atoms with E-state index in [-0.39, 0.29) is 0 Å². The molecule has 1 heterocycles. The number of benzene rings is 2. The number of aromatic amines is 1. The number of aromatic nitrogens is 1. The lowest BCUT2D eigenvalue weighted by molar-refractivity contribution is 0.177. The number of hydrogen-bond donors (Lipinski definition) is 1. The molecule has 0 amide bonds. The Morgan fingerprint density at radius 1 is 0.833 bits per heavy atom. The van der Waals surface area contributed by atoms with Crippen molar-refractivity contribution in [2.24, 2.45) is 0 Å². The van der Waals surface area contributed by atoms with Gasteiger partial charge in [0, 0.05) is 35.2 Å². The van der Waals surface area contributed by atoms with Gasteiger partial charge in [0.05, 0.1) is 0 Å². The second-order valence-corrected chi connectivity index (χ2v) is 7.07. The lowest BCUT2D eigenvalue weighted by Crippen LogP contribution is -2.38. The van der Waals surface area contributed by atoms with Crippen molar-refractivity contribution in [3.63, 3.8) is 0 Å². The van der Waals surface area contributed by atoms with E-state index in [0.29, 0.717) is 12.1 Å². The molecule has 2 nitrogen and oxygen atoms in total. The largest absolute Gasteiger partial charge is 0.354 e. The van der Waals surface area contributed by atoms with Gasteiger partial charge in [-0.05, 0) is 51.3 Å². The van der Waals surface area contributed by atoms with E-state index in [1.54, 1.807) is 0 Å². The monoisotopic (exact) mass is 320 g/mol. The summed E-state index contributed by atoms with van der Waals surface area (Å²) < 4.78 is 0. The van der Waals surface area contributed by atoms with E-state index in [0.717, 1.165) is 13.0 Å². The molecule has 1 aromatic heterocycles. The molecule has 0 aliphatic carbocycles. The summed E-state index contributed by atoms with van der Waals surface area (Å²) in [5.41, 5.74) is 5.20. The number of nitrogens with one attached hydrogen (secondary N) is 1. The standard InChI is InChI=1S/C22H28N2/c1-16(2)24(17(3)4)15-14-20-19-12-8-9-13-21(19)23-22(20)18-10-6-5-7-11-18/h5-13,16-17,23H,14-15H2,1-4H3. The number of rotatable bonds is 6. The fourth-order valence-corrected chi connectivity index (χ4v) is 3.66. The average molecular weight is 320 g/mol. The minimum absolute atomic E-state index is 0.565. The molecule has 2 heteroatoms. The molecule has 0 aliphatic rings. The summed E-state index contributed by atoms with van der Waals surface area (Å²) >= 11 is 0. The molecule has 0 atom stereocenters. The summed E-state index contributed by atoms with van der Waals surface area (Å²) in [5.74, 6) is 0. The van der Waals surface area contributed by atoms with Crippen molar-refractivity contribution in [2.45, 2.75) is 46.2 Å². The van der Waals surface area contributed by atoms with Crippen molar-refractivity contribution in [3.8, 4) is 11.3 Å². The van der Waals surface area contributed by atoms with Crippen molar-refractivity contribution in [1.29, 1.82) is 0 Å². The molecule has 0 saturated carbocycles. The van der Waals surface area contributed by atoms with E-state index in [9.17, 15) is 0 Å². The van der Waals surface area contributed by atoms with Gasteiger partial charge in [0.25, 0.3) is 0 Å². The molecule has 0 aliphatic heterocycles. The highest BCUT2D eigenvalue weighted by molar-refractivity contribution is 5.90. The van der Waals surface area contributed by atoms with E-state index >= 15 is 0 Å². The van der Waals surface area contributed by atoms with Crippen LogP contribution >= 0.6 is 0 Å². The van der Waals surface area contributed by atoms with Crippen molar-refractivity contribution in [1.82, 2.24) is 9.88 Å². The molecule has 0 bridgehead atoms. The summed E-state index contributed by atoms with van der Waals surface area (Å²) in [7, 11) is 0. The number of hydrogen-bond acceptors (Lipinski definition) is 1. The Morgan fingerprint density at radius 2 is 1.46 bits per heavy atom. The van der Waals surface area contributed by atoms with Crippen LogP contribution in [-0.4, -0.2) is 28.5 Å². The average Bonchev–Trinajstić information content (AvgIpc) is 2.94. The zero-order valence-electron chi connectivity index (χ0n) is 15.2. The summed E-state index contributed by atoms with van der Waals surface area (Å²) in [6, 6.07) is 20.5. The Hall–Kier alpha value is -2.06. The maximum atomic E-state index is 3.64. The third-order valence-corrected chi connectivity index (χ3v) is 4.82. The van der Waals surface area contributed by atoms with Gasteiger partial charge in [-0.25, -0.2) is 0 Å². The molecule has 3 aromatic rings. The van der Waals surface area contributed by atoms with E-state index < -0.39 is 0 Å². The molecular weight excluding hydrogens is 292 g/mol. The van der Waals surface area contributed by atoms with Crippen LogP contribution in [-0.2, 0) is 6.42 Å². The molecule has 0 radical (unpaired) electrons. The Bertz CT molecular complexity index is 776. The molecule has 0 unspecified atom stereocenters. The van der Waals surface area contributed by atoms with Crippen LogP contribution in [0.3, 0.4) is 0 Å². The SMILES string of the molecule is CC(C)N(CCc1c(-c2ccccc2)[nH]c2ccccc12)C(C)C. The van der Waals surface area contributed by atoms with E-state index in [4.69, 9.17) is 0 Å². The number of nitrogens with zero attached hydrogens (tertiary/aromatic N) is 1. The minimum atomic E-state index is 0.565. The molecule has 0 spiro atoms. The van der Waals surface area contributed by atoms with Gasteiger partial charge in [0.2, 0.25) is 0 Å². The predicted molar refractivity (Wildman–Crippen MR) is 104 cm³/mol. The van der Waals surface area contributed by atoms with Gasteiger partial charge in [0.1, 0.15) is 0 Å². The highest BCUT2D eigenvalue weighted by Crippen LogP contribution is 2.31. The zero-order chi connectivity index (χ0) is 17.1. The van der Waals surface area contributed by atoms with Crippen LogP contribution in [0.15, 0.2) is 54.6 Å². The van der Waals surface area contributed by atoms with Crippen molar-refractivity contribution >= 4 is 10.9 Å². The number of H-pyrrole nitrogens is 1. The summed E-state index contributed by atoms with van der Waals surface area (Å²) in [6.45, 7) is 10.2. The van der Waals surface area contributed by atoms with Crippen LogP contribution in [0.5, 0.6) is 0 Å². The first-order valence-corrected chi connectivity index (χ1v) is 8.98. The van der Waals surface area contributed by atoms with Gasteiger partial charge in [-0.3, -0.25) is 4.90 Å². The highest BCUT2D eigenvalue weighted by Gasteiger charge is 2.17. The fourth-order valence-electron chi connectivity index (χ4n) is 3.66. The smallest absolute Gasteiger partial charge is 0.0497 e. The predicted octanol–water partition coefficient (Wildman–Crippen LogP) is 5.50. The van der Waals surface area contributed by atoms with Crippen LogP contribution in [0.25, 0.3) is 22.2 Å². The van der Waals surface area contributed by atoms with Gasteiger partial charge in [-0.15, -0.1) is 0 Å². The number of fused-ring (bicyclic) bond motifs is 1. The topological polar surface area (TPSA) is 19.0 Å². The molecule has 3 rings (SSSR count). The first kappa shape index (κ1) is 16.8. The van der Waals surface area contributed by atoms with Gasteiger partial charge in [-0.2, -0.15) is 0 Å². The first-order chi connectivity index (χ1) is 11.6. The first-order valence-electron chi connectivity index (χ1n) is 8.98. The van der Waals surface area contributed by atoms with E-state index in [1.165, 1.54) is 27.7 Å². The summed E-state index contributed by atoms with van der Waals surface area (Å²) in [6.07, 6.45) is 1.06. The maximum Gasteiger partial charge on any atom is 0.0497 e. The third-order valence-electron chi connectivity index (χ3n) is 4.82. The van der Waals surface area contributed by atoms with Crippen LogP contribution in [0.4, 0.5) is 0 Å². The minimum Gasteiger partial charge on any atom is -0.354 e.